The lowest BCUT2D eigenvalue weighted by molar-refractivity contribution is -0.142. The summed E-state index contributed by atoms with van der Waals surface area (Å²) in [4.78, 5) is 34.2. The maximum atomic E-state index is 11.9. The summed E-state index contributed by atoms with van der Waals surface area (Å²) in [5, 5.41) is 0.991. The van der Waals surface area contributed by atoms with Gasteiger partial charge in [-0.15, -0.1) is 0 Å². The minimum absolute atomic E-state index is 0.402. The van der Waals surface area contributed by atoms with Gasteiger partial charge >= 0.3 is 0 Å². The van der Waals surface area contributed by atoms with E-state index in [4.69, 9.17) is 0 Å². The summed E-state index contributed by atoms with van der Waals surface area (Å²) in [5.74, 6) is -0.857. The number of nitrogens with zero attached hydrogens (tertiary/aromatic N) is 1. The molecule has 100 valence electrons. The van der Waals surface area contributed by atoms with Gasteiger partial charge in [0.1, 0.15) is 0 Å². The number of hydrogen-bond acceptors (Lipinski definition) is 4. The number of ketones is 1. The molecule has 0 spiro atoms. The van der Waals surface area contributed by atoms with Crippen LogP contribution in [0.1, 0.15) is 12.5 Å². The zero-order valence-corrected chi connectivity index (χ0v) is 10.9. The largest absolute Gasteiger partial charge is 0.300 e. The van der Waals surface area contributed by atoms with Gasteiger partial charge in [0.25, 0.3) is 0 Å². The Kier molecular flexibility index (Phi) is 5.63. The zero-order valence-electron chi connectivity index (χ0n) is 10.9. The number of rotatable bonds is 6. The molecule has 0 aliphatic carbocycles. The standard InChI is InChI=1S/C14H16N2O3/c1-11(18)16(15-2)13(10-17)14(19)9-8-12-6-4-3-5-7-12/h3-10,13,15H,1-2H3. The second-order valence-corrected chi connectivity index (χ2v) is 3.84. The van der Waals surface area contributed by atoms with Crippen molar-refractivity contribution in [2.24, 2.45) is 0 Å². The first kappa shape index (κ1) is 14.8. The highest BCUT2D eigenvalue weighted by Crippen LogP contribution is 2.03. The van der Waals surface area contributed by atoms with Crippen molar-refractivity contribution in [1.29, 1.82) is 0 Å². The van der Waals surface area contributed by atoms with Crippen LogP contribution in [-0.4, -0.2) is 36.1 Å². The summed E-state index contributed by atoms with van der Waals surface area (Å²) >= 11 is 0. The molecule has 5 nitrogen and oxygen atoms in total. The smallest absolute Gasteiger partial charge is 0.234 e. The molecule has 1 atom stereocenters. The third-order valence-electron chi connectivity index (χ3n) is 2.52. The molecule has 1 aromatic carbocycles. The van der Waals surface area contributed by atoms with E-state index in [0.717, 1.165) is 10.6 Å². The summed E-state index contributed by atoms with van der Waals surface area (Å²) in [7, 11) is 1.48. The summed E-state index contributed by atoms with van der Waals surface area (Å²) < 4.78 is 0. The van der Waals surface area contributed by atoms with Gasteiger partial charge < -0.3 is 4.79 Å². The topological polar surface area (TPSA) is 66.5 Å². The average Bonchev–Trinajstić information content (AvgIpc) is 2.42. The summed E-state index contributed by atoms with van der Waals surface area (Å²) in [6.45, 7) is 1.28. The molecular weight excluding hydrogens is 244 g/mol. The minimum Gasteiger partial charge on any atom is -0.300 e. The lowest BCUT2D eigenvalue weighted by atomic mass is 10.1. The van der Waals surface area contributed by atoms with E-state index < -0.39 is 17.7 Å². The van der Waals surface area contributed by atoms with Gasteiger partial charge in [-0.25, -0.2) is 5.43 Å². The Morgan fingerprint density at radius 2 is 1.89 bits per heavy atom. The Hall–Kier alpha value is -2.27. The number of hydrazine groups is 1. The number of nitrogens with one attached hydrogen (secondary N) is 1. The van der Waals surface area contributed by atoms with Crippen LogP contribution in [0.3, 0.4) is 0 Å². The normalized spacial score (nSPS) is 12.1. The van der Waals surface area contributed by atoms with E-state index in [0.29, 0.717) is 6.29 Å². The Morgan fingerprint density at radius 1 is 1.26 bits per heavy atom. The molecule has 0 fully saturated rings. The van der Waals surface area contributed by atoms with Crippen molar-refractivity contribution >= 4 is 24.1 Å². The molecule has 0 aromatic heterocycles. The van der Waals surface area contributed by atoms with E-state index >= 15 is 0 Å². The minimum atomic E-state index is -1.15. The van der Waals surface area contributed by atoms with Crippen LogP contribution in [0.4, 0.5) is 0 Å². The van der Waals surface area contributed by atoms with Crippen LogP contribution < -0.4 is 5.43 Å². The third kappa shape index (κ3) is 4.15. The Bertz CT molecular complexity index is 483. The molecule has 19 heavy (non-hydrogen) atoms. The number of amides is 1. The molecule has 1 N–H and O–H groups in total. The SMILES string of the molecule is CNN(C(C)=O)C(C=O)C(=O)C=Cc1ccccc1. The Balaban J connectivity index is 2.82. The zero-order chi connectivity index (χ0) is 14.3. The van der Waals surface area contributed by atoms with Gasteiger partial charge in [-0.3, -0.25) is 14.6 Å². The van der Waals surface area contributed by atoms with Crippen molar-refractivity contribution in [2.75, 3.05) is 7.05 Å². The number of hydrogen-bond donors (Lipinski definition) is 1. The molecule has 1 rings (SSSR count). The molecule has 0 radical (unpaired) electrons. The predicted molar refractivity (Wildman–Crippen MR) is 71.9 cm³/mol. The Morgan fingerprint density at radius 3 is 2.37 bits per heavy atom. The van der Waals surface area contributed by atoms with Crippen molar-refractivity contribution in [3.8, 4) is 0 Å². The van der Waals surface area contributed by atoms with Crippen molar-refractivity contribution in [1.82, 2.24) is 10.4 Å². The number of carbonyl (C=O) groups is 3. The summed E-state index contributed by atoms with van der Waals surface area (Å²) in [6, 6.07) is 8.07. The molecule has 0 aliphatic rings. The van der Waals surface area contributed by atoms with Crippen LogP contribution in [0, 0.1) is 0 Å². The van der Waals surface area contributed by atoms with Gasteiger partial charge in [-0.2, -0.15) is 0 Å². The monoisotopic (exact) mass is 260 g/mol. The third-order valence-corrected chi connectivity index (χ3v) is 2.52. The fraction of sp³-hybridized carbons (Fsp3) is 0.214. The number of benzene rings is 1. The van der Waals surface area contributed by atoms with Crippen LogP contribution >= 0.6 is 0 Å². The maximum Gasteiger partial charge on any atom is 0.234 e. The highest BCUT2D eigenvalue weighted by atomic mass is 16.2. The quantitative estimate of drug-likeness (QED) is 0.356. The van der Waals surface area contributed by atoms with Gasteiger partial charge in [0.15, 0.2) is 18.1 Å². The van der Waals surface area contributed by atoms with E-state index in [9.17, 15) is 14.4 Å². The van der Waals surface area contributed by atoms with E-state index in [2.05, 4.69) is 5.43 Å². The fourth-order valence-corrected chi connectivity index (χ4v) is 1.59. The first-order valence-corrected chi connectivity index (χ1v) is 5.79. The average molecular weight is 260 g/mol. The van der Waals surface area contributed by atoms with Crippen molar-refractivity contribution in [3.05, 3.63) is 42.0 Å². The van der Waals surface area contributed by atoms with E-state index in [1.807, 2.05) is 30.3 Å². The molecule has 1 aromatic rings. The highest BCUT2D eigenvalue weighted by molar-refractivity contribution is 6.08. The molecule has 5 heteroatoms. The van der Waals surface area contributed by atoms with Gasteiger partial charge in [0.05, 0.1) is 0 Å². The van der Waals surface area contributed by atoms with Crippen LogP contribution in [0.15, 0.2) is 36.4 Å². The van der Waals surface area contributed by atoms with Crippen LogP contribution in [0.25, 0.3) is 6.08 Å². The molecule has 1 amide bonds. The maximum absolute atomic E-state index is 11.9. The first-order chi connectivity index (χ1) is 9.10. The summed E-state index contributed by atoms with van der Waals surface area (Å²) in [5.41, 5.74) is 3.38. The molecule has 0 saturated carbocycles. The van der Waals surface area contributed by atoms with Gasteiger partial charge in [-0.1, -0.05) is 36.4 Å². The molecule has 0 bridgehead atoms. The lowest BCUT2D eigenvalue weighted by Crippen LogP contribution is -2.51. The Labute approximate surface area is 111 Å². The van der Waals surface area contributed by atoms with E-state index in [1.165, 1.54) is 20.0 Å². The highest BCUT2D eigenvalue weighted by Gasteiger charge is 2.24. The fourth-order valence-electron chi connectivity index (χ4n) is 1.59. The van der Waals surface area contributed by atoms with E-state index in [1.54, 1.807) is 6.08 Å². The molecule has 0 saturated heterocycles. The molecule has 0 heterocycles. The van der Waals surface area contributed by atoms with Gasteiger partial charge in [0, 0.05) is 14.0 Å². The number of carbonyl (C=O) groups excluding carboxylic acids is 3. The van der Waals surface area contributed by atoms with Crippen molar-refractivity contribution in [3.63, 3.8) is 0 Å². The van der Waals surface area contributed by atoms with Gasteiger partial charge in [-0.05, 0) is 11.6 Å². The van der Waals surface area contributed by atoms with Crippen molar-refractivity contribution < 1.29 is 14.4 Å². The van der Waals surface area contributed by atoms with Gasteiger partial charge in [0.2, 0.25) is 5.91 Å². The van der Waals surface area contributed by atoms with Crippen LogP contribution in [0.5, 0.6) is 0 Å². The van der Waals surface area contributed by atoms with Crippen molar-refractivity contribution in [2.45, 2.75) is 13.0 Å². The first-order valence-electron chi connectivity index (χ1n) is 5.79. The second kappa shape index (κ2) is 7.23. The molecule has 1 unspecified atom stereocenters. The summed E-state index contributed by atoms with van der Waals surface area (Å²) in [6.07, 6.45) is 3.34. The second-order valence-electron chi connectivity index (χ2n) is 3.84. The van der Waals surface area contributed by atoms with Crippen LogP contribution in [0.2, 0.25) is 0 Å². The predicted octanol–water partition coefficient (Wildman–Crippen LogP) is 0.819. The molecule has 0 aliphatic heterocycles. The molecular formula is C14H16N2O3. The van der Waals surface area contributed by atoms with Crippen LogP contribution in [-0.2, 0) is 14.4 Å². The lowest BCUT2D eigenvalue weighted by Gasteiger charge is -2.23. The van der Waals surface area contributed by atoms with E-state index in [-0.39, 0.29) is 0 Å². The number of aldehydes is 1.